The molecule has 0 radical (unpaired) electrons. The Balaban J connectivity index is 1.79. The van der Waals surface area contributed by atoms with Crippen LogP contribution >= 0.6 is 0 Å². The van der Waals surface area contributed by atoms with Crippen LogP contribution in [0.15, 0.2) is 60.8 Å². The van der Waals surface area contributed by atoms with Crippen molar-refractivity contribution in [2.24, 2.45) is 0 Å². The molecule has 0 atom stereocenters. The zero-order valence-corrected chi connectivity index (χ0v) is 12.8. The standard InChI is InChI=1S/C18H12F3N3O/c19-13-6-7-14(17(21)16(13)20)24-18(25)15-10-12(8-9-22-15)23-11-4-2-1-3-5-11/h1-10H,(H,22,23)(H,24,25). The number of benzene rings is 2. The average Bonchev–Trinajstić information content (AvgIpc) is 2.63. The van der Waals surface area contributed by atoms with Gasteiger partial charge < -0.3 is 10.6 Å². The van der Waals surface area contributed by atoms with Crippen LogP contribution in [0, 0.1) is 17.5 Å². The van der Waals surface area contributed by atoms with Gasteiger partial charge >= 0.3 is 0 Å². The molecule has 2 N–H and O–H groups in total. The molecule has 2 aromatic carbocycles. The lowest BCUT2D eigenvalue weighted by Crippen LogP contribution is -2.15. The van der Waals surface area contributed by atoms with Gasteiger partial charge in [-0.2, -0.15) is 0 Å². The number of rotatable bonds is 4. The van der Waals surface area contributed by atoms with Gasteiger partial charge in [0.15, 0.2) is 17.5 Å². The van der Waals surface area contributed by atoms with Gasteiger partial charge in [0.2, 0.25) is 0 Å². The fraction of sp³-hybridized carbons (Fsp3) is 0. The SMILES string of the molecule is O=C(Nc1ccc(F)c(F)c1F)c1cc(Nc2ccccc2)ccn1. The number of nitrogens with zero attached hydrogens (tertiary/aromatic N) is 1. The van der Waals surface area contributed by atoms with Gasteiger partial charge in [-0.1, -0.05) is 18.2 Å². The number of halogens is 3. The highest BCUT2D eigenvalue weighted by molar-refractivity contribution is 6.03. The van der Waals surface area contributed by atoms with Gasteiger partial charge in [0.25, 0.3) is 5.91 Å². The van der Waals surface area contributed by atoms with E-state index in [0.29, 0.717) is 5.69 Å². The third-order valence-corrected chi connectivity index (χ3v) is 3.34. The minimum Gasteiger partial charge on any atom is -0.355 e. The van der Waals surface area contributed by atoms with Gasteiger partial charge in [0.1, 0.15) is 5.69 Å². The summed E-state index contributed by atoms with van der Waals surface area (Å²) in [6.07, 6.45) is 1.40. The monoisotopic (exact) mass is 343 g/mol. The highest BCUT2D eigenvalue weighted by atomic mass is 19.2. The summed E-state index contributed by atoms with van der Waals surface area (Å²) in [5.41, 5.74) is 0.931. The fourth-order valence-electron chi connectivity index (χ4n) is 2.13. The lowest BCUT2D eigenvalue weighted by molar-refractivity contribution is 0.102. The van der Waals surface area contributed by atoms with Crippen LogP contribution in [-0.4, -0.2) is 10.9 Å². The molecular weight excluding hydrogens is 331 g/mol. The molecule has 4 nitrogen and oxygen atoms in total. The summed E-state index contributed by atoms with van der Waals surface area (Å²) in [5, 5.41) is 5.26. The second kappa shape index (κ2) is 7.04. The molecule has 126 valence electrons. The summed E-state index contributed by atoms with van der Waals surface area (Å²) in [5.74, 6) is -5.19. The molecule has 3 aromatic rings. The second-order valence-electron chi connectivity index (χ2n) is 5.10. The van der Waals surface area contributed by atoms with Gasteiger partial charge in [0, 0.05) is 17.6 Å². The second-order valence-corrected chi connectivity index (χ2v) is 5.10. The summed E-state index contributed by atoms with van der Waals surface area (Å²) in [6, 6.07) is 14.0. The molecule has 0 saturated carbocycles. The molecule has 0 bridgehead atoms. The van der Waals surface area contributed by atoms with E-state index in [1.54, 1.807) is 6.07 Å². The highest BCUT2D eigenvalue weighted by Gasteiger charge is 2.16. The first-order valence-electron chi connectivity index (χ1n) is 7.27. The molecule has 0 aliphatic rings. The number of hydrogen-bond acceptors (Lipinski definition) is 3. The number of aromatic nitrogens is 1. The number of anilines is 3. The van der Waals surface area contributed by atoms with Crippen molar-refractivity contribution in [3.05, 3.63) is 83.9 Å². The van der Waals surface area contributed by atoms with Crippen LogP contribution < -0.4 is 10.6 Å². The van der Waals surface area contributed by atoms with E-state index < -0.39 is 29.0 Å². The predicted octanol–water partition coefficient (Wildman–Crippen LogP) is 4.49. The Morgan fingerprint density at radius 2 is 1.64 bits per heavy atom. The van der Waals surface area contributed by atoms with Crippen molar-refractivity contribution in [3.8, 4) is 0 Å². The molecule has 1 heterocycles. The van der Waals surface area contributed by atoms with Crippen molar-refractivity contribution in [1.82, 2.24) is 4.98 Å². The lowest BCUT2D eigenvalue weighted by Gasteiger charge is -2.09. The summed E-state index contributed by atoms with van der Waals surface area (Å²) in [6.45, 7) is 0. The lowest BCUT2D eigenvalue weighted by atomic mass is 10.2. The quantitative estimate of drug-likeness (QED) is 0.686. The van der Waals surface area contributed by atoms with Crippen LogP contribution in [0.5, 0.6) is 0 Å². The zero-order valence-electron chi connectivity index (χ0n) is 12.8. The Kier molecular flexibility index (Phi) is 4.65. The smallest absolute Gasteiger partial charge is 0.274 e. The summed E-state index contributed by atoms with van der Waals surface area (Å²) in [7, 11) is 0. The van der Waals surface area contributed by atoms with Gasteiger partial charge in [-0.15, -0.1) is 0 Å². The Morgan fingerprint density at radius 1 is 0.880 bits per heavy atom. The number of amides is 1. The fourth-order valence-corrected chi connectivity index (χ4v) is 2.13. The van der Waals surface area contributed by atoms with E-state index in [1.807, 2.05) is 30.3 Å². The molecule has 1 aromatic heterocycles. The van der Waals surface area contributed by atoms with Gasteiger partial charge in [-0.25, -0.2) is 13.2 Å². The first kappa shape index (κ1) is 16.5. The maximum absolute atomic E-state index is 13.6. The van der Waals surface area contributed by atoms with Crippen molar-refractivity contribution in [2.75, 3.05) is 10.6 Å². The topological polar surface area (TPSA) is 54.0 Å². The van der Waals surface area contributed by atoms with Crippen LogP contribution in [0.1, 0.15) is 10.5 Å². The summed E-state index contributed by atoms with van der Waals surface area (Å²) < 4.78 is 39.8. The third-order valence-electron chi connectivity index (χ3n) is 3.34. The van der Waals surface area contributed by atoms with Gasteiger partial charge in [-0.3, -0.25) is 9.78 Å². The molecule has 0 unspecified atom stereocenters. The van der Waals surface area contributed by atoms with E-state index in [2.05, 4.69) is 15.6 Å². The van der Waals surface area contributed by atoms with Crippen LogP contribution in [0.2, 0.25) is 0 Å². The molecule has 0 aliphatic heterocycles. The molecule has 0 spiro atoms. The van der Waals surface area contributed by atoms with Crippen LogP contribution in [0.4, 0.5) is 30.2 Å². The van der Waals surface area contributed by atoms with E-state index in [0.717, 1.165) is 17.8 Å². The largest absolute Gasteiger partial charge is 0.355 e. The van der Waals surface area contributed by atoms with Crippen molar-refractivity contribution >= 4 is 23.0 Å². The van der Waals surface area contributed by atoms with E-state index >= 15 is 0 Å². The summed E-state index contributed by atoms with van der Waals surface area (Å²) in [4.78, 5) is 16.1. The number of para-hydroxylation sites is 1. The number of pyridine rings is 1. The maximum Gasteiger partial charge on any atom is 0.274 e. The Bertz CT molecular complexity index is 917. The van der Waals surface area contributed by atoms with Crippen LogP contribution in [0.25, 0.3) is 0 Å². The molecule has 1 amide bonds. The van der Waals surface area contributed by atoms with Crippen LogP contribution in [0.3, 0.4) is 0 Å². The van der Waals surface area contributed by atoms with Crippen molar-refractivity contribution in [1.29, 1.82) is 0 Å². The number of carbonyl (C=O) groups excluding carboxylic acids is 1. The van der Waals surface area contributed by atoms with E-state index in [9.17, 15) is 18.0 Å². The number of hydrogen-bond donors (Lipinski definition) is 2. The minimum absolute atomic E-state index is 0.00920. The maximum atomic E-state index is 13.6. The first-order valence-corrected chi connectivity index (χ1v) is 7.27. The third kappa shape index (κ3) is 3.77. The first-order chi connectivity index (χ1) is 12.0. The summed E-state index contributed by atoms with van der Waals surface area (Å²) >= 11 is 0. The molecule has 7 heteroatoms. The Hall–Kier alpha value is -3.35. The Morgan fingerprint density at radius 3 is 2.40 bits per heavy atom. The molecular formula is C18H12F3N3O. The van der Waals surface area contributed by atoms with Gasteiger partial charge in [0.05, 0.1) is 5.69 Å². The predicted molar refractivity (Wildman–Crippen MR) is 88.2 cm³/mol. The average molecular weight is 343 g/mol. The van der Waals surface area contributed by atoms with E-state index in [-0.39, 0.29) is 5.69 Å². The zero-order chi connectivity index (χ0) is 17.8. The van der Waals surface area contributed by atoms with E-state index in [1.165, 1.54) is 12.3 Å². The molecule has 25 heavy (non-hydrogen) atoms. The van der Waals surface area contributed by atoms with Crippen LogP contribution in [-0.2, 0) is 0 Å². The Labute approximate surface area is 141 Å². The normalized spacial score (nSPS) is 10.4. The molecule has 3 rings (SSSR count). The number of carbonyl (C=O) groups is 1. The van der Waals surface area contributed by atoms with Crippen molar-refractivity contribution < 1.29 is 18.0 Å². The number of nitrogens with one attached hydrogen (secondary N) is 2. The van der Waals surface area contributed by atoms with Crippen molar-refractivity contribution in [3.63, 3.8) is 0 Å². The highest BCUT2D eigenvalue weighted by Crippen LogP contribution is 2.21. The van der Waals surface area contributed by atoms with Gasteiger partial charge in [-0.05, 0) is 36.4 Å². The van der Waals surface area contributed by atoms with Crippen molar-refractivity contribution in [2.45, 2.75) is 0 Å². The van der Waals surface area contributed by atoms with E-state index in [4.69, 9.17) is 0 Å². The molecule has 0 saturated heterocycles. The molecule has 0 aliphatic carbocycles. The minimum atomic E-state index is -1.65. The molecule has 0 fully saturated rings.